The number of aromatic nitrogens is 1. The number of rotatable bonds is 8. The standard InChI is InChI=1S/C27H26ClN5O5/c1-32(2)15-24(34)30-21-11-16(6-8-20(21)27(37)38)14-33-23(13-18-5-3-4-10-29-18)25(35)31-22-12-17(28)7-9-19(22)26(33)36/h3-12,23H,13-15H2,1-2H3,(H,30,34)(H,31,35)(H,37,38)/t23-/m1/s1. The summed E-state index contributed by atoms with van der Waals surface area (Å²) < 4.78 is 0. The number of hydrogen-bond acceptors (Lipinski definition) is 6. The highest BCUT2D eigenvalue weighted by Gasteiger charge is 2.36. The number of hydrogen-bond donors (Lipinski definition) is 3. The molecule has 0 aliphatic carbocycles. The molecule has 4 rings (SSSR count). The Balaban J connectivity index is 1.73. The molecular weight excluding hydrogens is 510 g/mol. The molecule has 0 saturated carbocycles. The monoisotopic (exact) mass is 535 g/mol. The molecule has 2 aromatic carbocycles. The Kier molecular flexibility index (Phi) is 8.04. The van der Waals surface area contributed by atoms with Crippen LogP contribution in [0.25, 0.3) is 0 Å². The lowest BCUT2D eigenvalue weighted by Crippen LogP contribution is -2.46. The molecule has 38 heavy (non-hydrogen) atoms. The highest BCUT2D eigenvalue weighted by molar-refractivity contribution is 6.31. The fourth-order valence-corrected chi connectivity index (χ4v) is 4.39. The van der Waals surface area contributed by atoms with Crippen LogP contribution in [0.15, 0.2) is 60.8 Å². The Labute approximate surface area is 224 Å². The fourth-order valence-electron chi connectivity index (χ4n) is 4.22. The van der Waals surface area contributed by atoms with Crippen molar-refractivity contribution in [2.45, 2.75) is 19.0 Å². The third-order valence-electron chi connectivity index (χ3n) is 5.94. The van der Waals surface area contributed by atoms with Crippen molar-refractivity contribution in [1.82, 2.24) is 14.8 Å². The van der Waals surface area contributed by atoms with Crippen LogP contribution in [0.3, 0.4) is 0 Å². The van der Waals surface area contributed by atoms with Crippen molar-refractivity contribution in [3.63, 3.8) is 0 Å². The van der Waals surface area contributed by atoms with Crippen molar-refractivity contribution in [1.29, 1.82) is 0 Å². The number of nitrogens with zero attached hydrogens (tertiary/aromatic N) is 3. The molecule has 0 radical (unpaired) electrons. The van der Waals surface area contributed by atoms with E-state index in [1.807, 2.05) is 0 Å². The zero-order valence-electron chi connectivity index (χ0n) is 20.8. The quantitative estimate of drug-likeness (QED) is 0.403. The number of carboxylic acids is 1. The number of pyridine rings is 1. The predicted octanol–water partition coefficient (Wildman–Crippen LogP) is 3.14. The second kappa shape index (κ2) is 11.4. The van der Waals surface area contributed by atoms with Gasteiger partial charge in [-0.15, -0.1) is 0 Å². The summed E-state index contributed by atoms with van der Waals surface area (Å²) in [4.78, 5) is 58.7. The molecule has 1 aliphatic rings. The Morgan fingerprint density at radius 3 is 2.61 bits per heavy atom. The molecule has 0 bridgehead atoms. The number of carboxylic acid groups (broad SMARTS) is 1. The van der Waals surface area contributed by atoms with Crippen molar-refractivity contribution in [2.24, 2.45) is 0 Å². The van der Waals surface area contributed by atoms with E-state index in [-0.39, 0.29) is 36.3 Å². The van der Waals surface area contributed by atoms with Crippen LogP contribution in [-0.2, 0) is 22.6 Å². The molecule has 196 valence electrons. The number of nitrogens with one attached hydrogen (secondary N) is 2. The molecule has 10 nitrogen and oxygen atoms in total. The number of carbonyl (C=O) groups excluding carboxylic acids is 3. The highest BCUT2D eigenvalue weighted by atomic mass is 35.5. The van der Waals surface area contributed by atoms with Crippen LogP contribution in [0.1, 0.15) is 32.0 Å². The number of carbonyl (C=O) groups is 4. The second-order valence-corrected chi connectivity index (χ2v) is 9.56. The number of aromatic carboxylic acids is 1. The first-order chi connectivity index (χ1) is 18.1. The smallest absolute Gasteiger partial charge is 0.337 e. The van der Waals surface area contributed by atoms with Crippen molar-refractivity contribution in [3.05, 3.63) is 88.2 Å². The fraction of sp³-hybridized carbons (Fsp3) is 0.222. The first-order valence-electron chi connectivity index (χ1n) is 11.7. The molecule has 3 N–H and O–H groups in total. The van der Waals surface area contributed by atoms with Crippen LogP contribution in [0.2, 0.25) is 5.02 Å². The van der Waals surface area contributed by atoms with E-state index < -0.39 is 29.7 Å². The van der Waals surface area contributed by atoms with E-state index in [4.69, 9.17) is 11.6 Å². The number of fused-ring (bicyclic) bond motifs is 1. The summed E-state index contributed by atoms with van der Waals surface area (Å²) in [5.41, 5.74) is 1.73. The normalized spacial score (nSPS) is 15.1. The summed E-state index contributed by atoms with van der Waals surface area (Å²) in [7, 11) is 3.44. The van der Waals surface area contributed by atoms with Crippen molar-refractivity contribution in [2.75, 3.05) is 31.3 Å². The molecule has 1 aromatic heterocycles. The van der Waals surface area contributed by atoms with Crippen molar-refractivity contribution < 1.29 is 24.3 Å². The van der Waals surface area contributed by atoms with Crippen LogP contribution in [0.5, 0.6) is 0 Å². The molecule has 0 unspecified atom stereocenters. The third-order valence-corrected chi connectivity index (χ3v) is 6.17. The maximum atomic E-state index is 13.8. The van der Waals surface area contributed by atoms with Crippen molar-refractivity contribution in [3.8, 4) is 0 Å². The zero-order valence-corrected chi connectivity index (χ0v) is 21.5. The van der Waals surface area contributed by atoms with Crippen LogP contribution in [0, 0.1) is 0 Å². The number of halogens is 1. The van der Waals surface area contributed by atoms with Gasteiger partial charge < -0.3 is 25.5 Å². The van der Waals surface area contributed by atoms with E-state index in [9.17, 15) is 24.3 Å². The Morgan fingerprint density at radius 2 is 1.92 bits per heavy atom. The molecule has 0 fully saturated rings. The van der Waals surface area contributed by atoms with Crippen LogP contribution < -0.4 is 10.6 Å². The van der Waals surface area contributed by atoms with E-state index >= 15 is 0 Å². The highest BCUT2D eigenvalue weighted by Crippen LogP contribution is 2.29. The molecule has 3 amide bonds. The van der Waals surface area contributed by atoms with Gasteiger partial charge in [-0.25, -0.2) is 4.79 Å². The predicted molar refractivity (Wildman–Crippen MR) is 142 cm³/mol. The van der Waals surface area contributed by atoms with Gasteiger partial charge in [-0.1, -0.05) is 23.7 Å². The largest absolute Gasteiger partial charge is 0.478 e. The van der Waals surface area contributed by atoms with Crippen LogP contribution in [0.4, 0.5) is 11.4 Å². The number of likely N-dealkylation sites (N-methyl/N-ethyl adjacent to an activating group) is 1. The summed E-state index contributed by atoms with van der Waals surface area (Å²) >= 11 is 6.12. The van der Waals surface area contributed by atoms with Crippen LogP contribution >= 0.6 is 11.6 Å². The van der Waals surface area contributed by atoms with Gasteiger partial charge in [-0.3, -0.25) is 19.4 Å². The van der Waals surface area contributed by atoms with Gasteiger partial charge in [0.15, 0.2) is 0 Å². The molecule has 1 atom stereocenters. The van der Waals surface area contributed by atoms with E-state index in [0.717, 1.165) is 0 Å². The van der Waals surface area contributed by atoms with E-state index in [2.05, 4.69) is 15.6 Å². The second-order valence-electron chi connectivity index (χ2n) is 9.12. The maximum Gasteiger partial charge on any atom is 0.337 e. The number of amides is 3. The molecule has 3 aromatic rings. The minimum atomic E-state index is -1.21. The Bertz CT molecular complexity index is 1400. The average Bonchev–Trinajstić information content (AvgIpc) is 2.94. The molecule has 0 saturated heterocycles. The van der Waals surface area contributed by atoms with Gasteiger partial charge in [0.05, 0.1) is 29.0 Å². The van der Waals surface area contributed by atoms with Gasteiger partial charge in [0.1, 0.15) is 6.04 Å². The average molecular weight is 536 g/mol. The number of anilines is 2. The van der Waals surface area contributed by atoms with Crippen LogP contribution in [-0.4, -0.2) is 70.3 Å². The lowest BCUT2D eigenvalue weighted by Gasteiger charge is -2.29. The lowest BCUT2D eigenvalue weighted by molar-refractivity contribution is -0.120. The SMILES string of the molecule is CN(C)CC(=O)Nc1cc(CN2C(=O)c3ccc(Cl)cc3NC(=O)[C@H]2Cc2ccccn2)ccc1C(=O)O. The summed E-state index contributed by atoms with van der Waals surface area (Å²) in [6.45, 7) is 0.0296. The van der Waals surface area contributed by atoms with Gasteiger partial charge in [-0.2, -0.15) is 0 Å². The molecular formula is C27H26ClN5O5. The first-order valence-corrected chi connectivity index (χ1v) is 12.1. The molecule has 0 spiro atoms. The van der Waals surface area contributed by atoms with Gasteiger partial charge in [0.25, 0.3) is 5.91 Å². The van der Waals surface area contributed by atoms with E-state index in [0.29, 0.717) is 22.0 Å². The molecule has 11 heteroatoms. The van der Waals surface area contributed by atoms with Gasteiger partial charge in [0, 0.05) is 29.9 Å². The maximum absolute atomic E-state index is 13.8. The Morgan fingerprint density at radius 1 is 1.13 bits per heavy atom. The Hall–Kier alpha value is -4.28. The summed E-state index contributed by atoms with van der Waals surface area (Å²) in [5, 5.41) is 15.4. The minimum Gasteiger partial charge on any atom is -0.478 e. The van der Waals surface area contributed by atoms with E-state index in [1.54, 1.807) is 61.6 Å². The summed E-state index contributed by atoms with van der Waals surface area (Å²) in [6, 6.07) is 13.5. The van der Waals surface area contributed by atoms with Gasteiger partial charge >= 0.3 is 5.97 Å². The topological polar surface area (TPSA) is 132 Å². The van der Waals surface area contributed by atoms with Crippen molar-refractivity contribution >= 4 is 46.7 Å². The lowest BCUT2D eigenvalue weighted by atomic mass is 10.0. The summed E-state index contributed by atoms with van der Waals surface area (Å²) in [5.74, 6) is -2.41. The van der Waals surface area contributed by atoms with Gasteiger partial charge in [-0.05, 0) is 62.1 Å². The molecule has 1 aliphatic heterocycles. The first kappa shape index (κ1) is 26.8. The third kappa shape index (κ3) is 6.16. The zero-order chi connectivity index (χ0) is 27.4. The summed E-state index contributed by atoms with van der Waals surface area (Å²) in [6.07, 6.45) is 1.76. The molecule has 2 heterocycles. The number of benzene rings is 2. The van der Waals surface area contributed by atoms with E-state index in [1.165, 1.54) is 23.1 Å². The minimum absolute atomic E-state index is 0.0255. The van der Waals surface area contributed by atoms with Gasteiger partial charge in [0.2, 0.25) is 11.8 Å².